The van der Waals surface area contributed by atoms with Gasteiger partial charge in [-0.3, -0.25) is 10.1 Å². The van der Waals surface area contributed by atoms with Crippen LogP contribution in [0.5, 0.6) is 0 Å². The fourth-order valence-electron chi connectivity index (χ4n) is 1.71. The molecule has 2 rings (SSSR count). The smallest absolute Gasteiger partial charge is 0.227 e. The molecule has 0 bridgehead atoms. The topological polar surface area (TPSA) is 59.0 Å². The van der Waals surface area contributed by atoms with Gasteiger partial charge >= 0.3 is 0 Å². The molecule has 0 radical (unpaired) electrons. The average Bonchev–Trinajstić information content (AvgIpc) is 2.63. The number of fused-ring (bicyclic) bond motifs is 1. The number of hydrogen-bond donors (Lipinski definition) is 2. The van der Waals surface area contributed by atoms with Crippen LogP contribution in [0.15, 0.2) is 18.2 Å². The highest BCUT2D eigenvalue weighted by atomic mass is 19.1. The van der Waals surface area contributed by atoms with E-state index in [2.05, 4.69) is 15.6 Å². The van der Waals surface area contributed by atoms with Gasteiger partial charge in [-0.25, -0.2) is 9.37 Å². The molecule has 5 nitrogen and oxygen atoms in total. The van der Waals surface area contributed by atoms with E-state index in [1.807, 2.05) is 0 Å². The summed E-state index contributed by atoms with van der Waals surface area (Å²) in [7, 11) is 3.56. The Balaban J connectivity index is 2.23. The number of carbonyl (C=O) groups excluding carboxylic acids is 1. The van der Waals surface area contributed by atoms with Crippen LogP contribution in [0.1, 0.15) is 6.42 Å². The van der Waals surface area contributed by atoms with Crippen LogP contribution in [0.3, 0.4) is 0 Å². The number of aryl methyl sites for hydroxylation is 1. The molecule has 0 saturated carbocycles. The molecule has 2 aromatic rings. The van der Waals surface area contributed by atoms with Crippen molar-refractivity contribution >= 4 is 22.9 Å². The molecule has 0 spiro atoms. The monoisotopic (exact) mass is 250 g/mol. The summed E-state index contributed by atoms with van der Waals surface area (Å²) < 4.78 is 14.8. The molecule has 18 heavy (non-hydrogen) atoms. The summed E-state index contributed by atoms with van der Waals surface area (Å²) in [5.41, 5.74) is 1.31. The van der Waals surface area contributed by atoms with Gasteiger partial charge in [-0.15, -0.1) is 0 Å². The number of aromatic nitrogens is 2. The van der Waals surface area contributed by atoms with Crippen molar-refractivity contribution in [2.45, 2.75) is 6.42 Å². The van der Waals surface area contributed by atoms with Gasteiger partial charge in [0.1, 0.15) is 5.82 Å². The minimum atomic E-state index is -0.339. The van der Waals surface area contributed by atoms with Gasteiger partial charge in [0.2, 0.25) is 11.9 Å². The number of nitrogens with zero attached hydrogens (tertiary/aromatic N) is 2. The third-order valence-corrected chi connectivity index (χ3v) is 2.70. The van der Waals surface area contributed by atoms with E-state index in [0.717, 1.165) is 5.52 Å². The predicted molar refractivity (Wildman–Crippen MR) is 67.8 cm³/mol. The van der Waals surface area contributed by atoms with E-state index in [0.29, 0.717) is 24.4 Å². The van der Waals surface area contributed by atoms with Crippen molar-refractivity contribution in [3.63, 3.8) is 0 Å². The molecule has 1 heterocycles. The van der Waals surface area contributed by atoms with Gasteiger partial charge in [0.05, 0.1) is 11.0 Å². The van der Waals surface area contributed by atoms with Crippen molar-refractivity contribution < 1.29 is 9.18 Å². The standard InChI is InChI=1S/C12H15FN4O/c1-14-6-5-11(18)16-12-15-9-7-8(13)3-4-10(9)17(12)2/h3-4,7,14H,5-6H2,1-2H3,(H,15,16,18). The molecule has 1 aromatic heterocycles. The van der Waals surface area contributed by atoms with Gasteiger partial charge in [-0.1, -0.05) is 0 Å². The van der Waals surface area contributed by atoms with Gasteiger partial charge in [-0.05, 0) is 19.2 Å². The largest absolute Gasteiger partial charge is 0.319 e. The molecule has 0 aliphatic rings. The number of amides is 1. The minimum Gasteiger partial charge on any atom is -0.319 e. The Labute approximate surface area is 104 Å². The molecule has 1 aromatic carbocycles. The highest BCUT2D eigenvalue weighted by Gasteiger charge is 2.10. The van der Waals surface area contributed by atoms with Crippen LogP contribution in [0.25, 0.3) is 11.0 Å². The lowest BCUT2D eigenvalue weighted by molar-refractivity contribution is -0.116. The lowest BCUT2D eigenvalue weighted by atomic mass is 10.3. The van der Waals surface area contributed by atoms with Crippen LogP contribution in [0.4, 0.5) is 10.3 Å². The van der Waals surface area contributed by atoms with Gasteiger partial charge in [-0.2, -0.15) is 0 Å². The Morgan fingerprint density at radius 2 is 2.28 bits per heavy atom. The van der Waals surface area contributed by atoms with E-state index in [9.17, 15) is 9.18 Å². The second-order valence-electron chi connectivity index (χ2n) is 4.03. The summed E-state index contributed by atoms with van der Waals surface area (Å²) in [6, 6.07) is 4.36. The molecule has 6 heteroatoms. The minimum absolute atomic E-state index is 0.122. The lowest BCUT2D eigenvalue weighted by Gasteiger charge is -2.04. The quantitative estimate of drug-likeness (QED) is 0.859. The Morgan fingerprint density at radius 3 is 3.00 bits per heavy atom. The Hall–Kier alpha value is -1.95. The summed E-state index contributed by atoms with van der Waals surface area (Å²) in [4.78, 5) is 15.8. The third-order valence-electron chi connectivity index (χ3n) is 2.70. The molecule has 96 valence electrons. The number of anilines is 1. The summed E-state index contributed by atoms with van der Waals surface area (Å²) in [5, 5.41) is 5.60. The van der Waals surface area contributed by atoms with E-state index in [1.165, 1.54) is 12.1 Å². The molecule has 0 unspecified atom stereocenters. The molecule has 0 aliphatic carbocycles. The fourth-order valence-corrected chi connectivity index (χ4v) is 1.71. The van der Waals surface area contributed by atoms with Crippen molar-refractivity contribution in [1.29, 1.82) is 0 Å². The van der Waals surface area contributed by atoms with Crippen molar-refractivity contribution in [2.75, 3.05) is 18.9 Å². The van der Waals surface area contributed by atoms with Crippen molar-refractivity contribution in [3.05, 3.63) is 24.0 Å². The van der Waals surface area contributed by atoms with Crippen molar-refractivity contribution in [2.24, 2.45) is 7.05 Å². The summed E-state index contributed by atoms with van der Waals surface area (Å²) in [6.45, 7) is 0.602. The van der Waals surface area contributed by atoms with Crippen LogP contribution in [0.2, 0.25) is 0 Å². The average molecular weight is 250 g/mol. The maximum absolute atomic E-state index is 13.1. The molecule has 0 fully saturated rings. The third kappa shape index (κ3) is 2.48. The molecule has 0 atom stereocenters. The summed E-state index contributed by atoms with van der Waals surface area (Å²) in [5.74, 6) is -0.0337. The Morgan fingerprint density at radius 1 is 1.50 bits per heavy atom. The van der Waals surface area contributed by atoms with Crippen LogP contribution >= 0.6 is 0 Å². The van der Waals surface area contributed by atoms with Crippen LogP contribution < -0.4 is 10.6 Å². The Kier molecular flexibility index (Phi) is 3.57. The number of halogens is 1. The van der Waals surface area contributed by atoms with Gasteiger partial charge < -0.3 is 9.88 Å². The first-order valence-corrected chi connectivity index (χ1v) is 5.68. The van der Waals surface area contributed by atoms with Crippen LogP contribution in [-0.4, -0.2) is 29.1 Å². The molecule has 2 N–H and O–H groups in total. The molecule has 0 aliphatic heterocycles. The SMILES string of the molecule is CNCCC(=O)Nc1nc2cc(F)ccc2n1C. The molecular formula is C12H15FN4O. The predicted octanol–water partition coefficient (Wildman–Crippen LogP) is 1.26. The number of hydrogen-bond acceptors (Lipinski definition) is 3. The Bertz CT molecular complexity index is 579. The van der Waals surface area contributed by atoms with Gasteiger partial charge in [0.25, 0.3) is 0 Å². The maximum atomic E-state index is 13.1. The normalized spacial score (nSPS) is 10.8. The number of benzene rings is 1. The van der Waals surface area contributed by atoms with E-state index in [4.69, 9.17) is 0 Å². The van der Waals surface area contributed by atoms with E-state index < -0.39 is 0 Å². The maximum Gasteiger partial charge on any atom is 0.227 e. The number of nitrogens with one attached hydrogen (secondary N) is 2. The van der Waals surface area contributed by atoms with E-state index in [-0.39, 0.29) is 11.7 Å². The molecule has 0 saturated heterocycles. The van der Waals surface area contributed by atoms with Gasteiger partial charge in [0, 0.05) is 26.1 Å². The number of carbonyl (C=O) groups is 1. The molecular weight excluding hydrogens is 235 g/mol. The van der Waals surface area contributed by atoms with Crippen molar-refractivity contribution in [1.82, 2.24) is 14.9 Å². The van der Waals surface area contributed by atoms with E-state index >= 15 is 0 Å². The first-order valence-electron chi connectivity index (χ1n) is 5.68. The number of rotatable bonds is 4. The second-order valence-corrected chi connectivity index (χ2v) is 4.03. The zero-order valence-electron chi connectivity index (χ0n) is 10.3. The lowest BCUT2D eigenvalue weighted by Crippen LogP contribution is -2.20. The first kappa shape index (κ1) is 12.5. The van der Waals surface area contributed by atoms with Gasteiger partial charge in [0.15, 0.2) is 0 Å². The van der Waals surface area contributed by atoms with Crippen LogP contribution in [0, 0.1) is 5.82 Å². The zero-order chi connectivity index (χ0) is 13.1. The first-order chi connectivity index (χ1) is 8.61. The number of imidazole rings is 1. The fraction of sp³-hybridized carbons (Fsp3) is 0.333. The summed E-state index contributed by atoms with van der Waals surface area (Å²) in [6.07, 6.45) is 0.369. The highest BCUT2D eigenvalue weighted by Crippen LogP contribution is 2.19. The molecule has 1 amide bonds. The van der Waals surface area contributed by atoms with E-state index in [1.54, 1.807) is 24.7 Å². The zero-order valence-corrected chi connectivity index (χ0v) is 10.3. The summed E-state index contributed by atoms with van der Waals surface area (Å²) >= 11 is 0. The van der Waals surface area contributed by atoms with Crippen molar-refractivity contribution in [3.8, 4) is 0 Å². The second kappa shape index (κ2) is 5.14. The highest BCUT2D eigenvalue weighted by molar-refractivity contribution is 5.91. The van der Waals surface area contributed by atoms with Crippen LogP contribution in [-0.2, 0) is 11.8 Å².